The number of likely N-dealkylation sites (N-methyl/N-ethyl adjacent to an activating group) is 1. The van der Waals surface area contributed by atoms with E-state index in [0.29, 0.717) is 0 Å². The zero-order chi connectivity index (χ0) is 15.9. The van der Waals surface area contributed by atoms with E-state index in [2.05, 4.69) is 0 Å². The lowest BCUT2D eigenvalue weighted by Gasteiger charge is -2.28. The van der Waals surface area contributed by atoms with Crippen LogP contribution in [0, 0.1) is 5.92 Å². The van der Waals surface area contributed by atoms with Crippen LogP contribution < -0.4 is 5.73 Å². The number of nitrogens with zero attached hydrogens (tertiary/aromatic N) is 1. The van der Waals surface area contributed by atoms with Crippen LogP contribution in [0.4, 0.5) is 0 Å². The van der Waals surface area contributed by atoms with Crippen LogP contribution in [0.15, 0.2) is 0 Å². The summed E-state index contributed by atoms with van der Waals surface area (Å²) in [7, 11) is 1.57. The van der Waals surface area contributed by atoms with Gasteiger partial charge in [-0.05, 0) is 5.25 Å². The zero-order valence-corrected chi connectivity index (χ0v) is 13.8. The molecule has 0 aromatic rings. The lowest BCUT2D eigenvalue weighted by molar-refractivity contribution is -0.139. The van der Waals surface area contributed by atoms with E-state index in [-0.39, 0.29) is 41.1 Å². The monoisotopic (exact) mass is 302 g/mol. The maximum Gasteiger partial charge on any atom is 0.224 e. The number of nitrogens with two attached hydrogens (primary N) is 1. The predicted octanol–water partition coefficient (Wildman–Crippen LogP) is 1.10. The molecular formula is C14H26N2O3S. The highest BCUT2D eigenvalue weighted by molar-refractivity contribution is 8.01. The van der Waals surface area contributed by atoms with Crippen LogP contribution in [0.5, 0.6) is 0 Å². The van der Waals surface area contributed by atoms with Crippen LogP contribution >= 0.6 is 11.8 Å². The highest BCUT2D eigenvalue weighted by Gasteiger charge is 2.28. The van der Waals surface area contributed by atoms with Crippen LogP contribution in [0.2, 0.25) is 0 Å². The van der Waals surface area contributed by atoms with Gasteiger partial charge in [-0.3, -0.25) is 9.59 Å². The normalized spacial score (nSPS) is 14.2. The van der Waals surface area contributed by atoms with Gasteiger partial charge in [0.1, 0.15) is 12.3 Å². The number of Topliss-reactive ketones (excluding diaryl/α,β-unsaturated/α-hetero) is 1. The number of thioether (sulfide) groups is 1. The van der Waals surface area contributed by atoms with E-state index in [1.807, 2.05) is 13.8 Å². The summed E-state index contributed by atoms with van der Waals surface area (Å²) < 4.78 is 0. The summed E-state index contributed by atoms with van der Waals surface area (Å²) in [5, 5.41) is -0.108. The van der Waals surface area contributed by atoms with Crippen molar-refractivity contribution in [3.63, 3.8) is 0 Å². The Balaban J connectivity index is 4.73. The highest BCUT2D eigenvalue weighted by atomic mass is 32.2. The number of carbonyl (C=O) groups excluding carboxylic acids is 3. The molecule has 20 heavy (non-hydrogen) atoms. The van der Waals surface area contributed by atoms with E-state index in [0.717, 1.165) is 6.29 Å². The lowest BCUT2D eigenvalue weighted by atomic mass is 10.0. The molecule has 0 aromatic carbocycles. The molecule has 1 amide bonds. The molecular weight excluding hydrogens is 276 g/mol. The Morgan fingerprint density at radius 1 is 1.25 bits per heavy atom. The largest absolute Gasteiger partial charge is 0.334 e. The standard InChI is InChI=1S/C14H26N2O3S/c1-9(2)14(19)12(7-15)16(5)13(18)6-11(8-17)20-10(3)4/h8-12H,6-7,15H2,1-5H3. The molecule has 0 saturated heterocycles. The SMILES string of the molecule is CC(C)SC(C=O)CC(=O)N(C)C(CN)C(=O)C(C)C. The topological polar surface area (TPSA) is 80.5 Å². The van der Waals surface area contributed by atoms with E-state index in [1.165, 1.54) is 16.7 Å². The third-order valence-corrected chi connectivity index (χ3v) is 4.13. The Morgan fingerprint density at radius 2 is 1.80 bits per heavy atom. The maximum atomic E-state index is 12.2. The molecule has 0 heterocycles. The second-order valence-electron chi connectivity index (χ2n) is 5.38. The number of aldehydes is 1. The molecule has 0 radical (unpaired) electrons. The minimum Gasteiger partial charge on any atom is -0.334 e. The van der Waals surface area contributed by atoms with Gasteiger partial charge < -0.3 is 15.4 Å². The first kappa shape index (κ1) is 19.1. The van der Waals surface area contributed by atoms with Crippen LogP contribution in [-0.4, -0.2) is 53.0 Å². The van der Waals surface area contributed by atoms with Crippen molar-refractivity contribution in [1.29, 1.82) is 0 Å². The lowest BCUT2D eigenvalue weighted by Crippen LogP contribution is -2.49. The van der Waals surface area contributed by atoms with Gasteiger partial charge in [-0.1, -0.05) is 27.7 Å². The molecule has 0 fully saturated rings. The molecule has 0 aromatic heterocycles. The van der Waals surface area contributed by atoms with Crippen molar-refractivity contribution in [2.24, 2.45) is 11.7 Å². The fourth-order valence-corrected chi connectivity index (χ4v) is 2.82. The fraction of sp³-hybridized carbons (Fsp3) is 0.786. The minimum absolute atomic E-state index is 0.0532. The van der Waals surface area contributed by atoms with Gasteiger partial charge in [0, 0.05) is 25.9 Å². The number of rotatable bonds is 9. The van der Waals surface area contributed by atoms with Crippen molar-refractivity contribution in [2.45, 2.75) is 50.7 Å². The maximum absolute atomic E-state index is 12.2. The molecule has 0 aliphatic heterocycles. The van der Waals surface area contributed by atoms with E-state index in [1.54, 1.807) is 20.9 Å². The molecule has 2 atom stereocenters. The van der Waals surface area contributed by atoms with E-state index in [4.69, 9.17) is 5.73 Å². The average molecular weight is 302 g/mol. The van der Waals surface area contributed by atoms with E-state index < -0.39 is 6.04 Å². The first-order chi connectivity index (χ1) is 9.24. The first-order valence-corrected chi connectivity index (χ1v) is 7.79. The summed E-state index contributed by atoms with van der Waals surface area (Å²) in [5.74, 6) is -0.451. The third kappa shape index (κ3) is 6.05. The van der Waals surface area contributed by atoms with Crippen molar-refractivity contribution in [3.8, 4) is 0 Å². The minimum atomic E-state index is -0.612. The van der Waals surface area contributed by atoms with Crippen molar-refractivity contribution < 1.29 is 14.4 Å². The van der Waals surface area contributed by atoms with E-state index >= 15 is 0 Å². The second-order valence-corrected chi connectivity index (χ2v) is 7.20. The Hall–Kier alpha value is -0.880. The molecule has 2 N–H and O–H groups in total. The molecule has 116 valence electrons. The Kier molecular flexibility index (Phi) is 8.73. The summed E-state index contributed by atoms with van der Waals surface area (Å²) in [6.45, 7) is 7.61. The summed E-state index contributed by atoms with van der Waals surface area (Å²) in [6, 6.07) is -0.612. The van der Waals surface area contributed by atoms with Gasteiger partial charge in [0.15, 0.2) is 5.78 Å². The van der Waals surface area contributed by atoms with Gasteiger partial charge in [-0.25, -0.2) is 0 Å². The molecule has 0 rings (SSSR count). The molecule has 0 saturated carbocycles. The number of carbonyl (C=O) groups is 3. The Labute approximate surface area is 125 Å². The Morgan fingerprint density at radius 3 is 2.15 bits per heavy atom. The molecule has 5 nitrogen and oxygen atoms in total. The second kappa shape index (κ2) is 9.13. The number of amides is 1. The summed E-state index contributed by atoms with van der Waals surface area (Å²) in [5.41, 5.74) is 5.60. The van der Waals surface area contributed by atoms with E-state index in [9.17, 15) is 14.4 Å². The highest BCUT2D eigenvalue weighted by Crippen LogP contribution is 2.19. The van der Waals surface area contributed by atoms with Crippen molar-refractivity contribution in [3.05, 3.63) is 0 Å². The van der Waals surface area contributed by atoms with Gasteiger partial charge in [-0.15, -0.1) is 11.8 Å². The van der Waals surface area contributed by atoms with Crippen LogP contribution in [0.25, 0.3) is 0 Å². The molecule has 2 unspecified atom stereocenters. The van der Waals surface area contributed by atoms with Gasteiger partial charge in [0.05, 0.1) is 5.25 Å². The van der Waals surface area contributed by atoms with Crippen molar-refractivity contribution >= 4 is 29.7 Å². The zero-order valence-electron chi connectivity index (χ0n) is 13.0. The van der Waals surface area contributed by atoms with Crippen LogP contribution in [-0.2, 0) is 14.4 Å². The van der Waals surface area contributed by atoms with Crippen molar-refractivity contribution in [1.82, 2.24) is 4.90 Å². The van der Waals surface area contributed by atoms with Crippen LogP contribution in [0.1, 0.15) is 34.1 Å². The van der Waals surface area contributed by atoms with Gasteiger partial charge in [-0.2, -0.15) is 0 Å². The third-order valence-electron chi connectivity index (χ3n) is 2.96. The average Bonchev–Trinajstić information content (AvgIpc) is 2.37. The fourth-order valence-electron chi connectivity index (χ4n) is 1.82. The smallest absolute Gasteiger partial charge is 0.224 e. The summed E-state index contributed by atoms with van der Waals surface area (Å²) >= 11 is 1.45. The molecule has 0 aliphatic carbocycles. The number of ketones is 1. The molecule has 0 aliphatic rings. The summed E-state index contributed by atoms with van der Waals surface area (Å²) in [6.07, 6.45) is 0.892. The quantitative estimate of drug-likeness (QED) is 0.645. The Bertz CT molecular complexity index is 345. The van der Waals surface area contributed by atoms with Crippen LogP contribution in [0.3, 0.4) is 0 Å². The number of hydrogen-bond acceptors (Lipinski definition) is 5. The van der Waals surface area contributed by atoms with Gasteiger partial charge in [0.25, 0.3) is 0 Å². The summed E-state index contributed by atoms with van der Waals surface area (Å²) in [4.78, 5) is 36.5. The first-order valence-electron chi connectivity index (χ1n) is 6.84. The predicted molar refractivity (Wildman–Crippen MR) is 82.7 cm³/mol. The molecule has 6 heteroatoms. The molecule has 0 spiro atoms. The number of hydrogen-bond donors (Lipinski definition) is 1. The van der Waals surface area contributed by atoms with Gasteiger partial charge >= 0.3 is 0 Å². The molecule has 0 bridgehead atoms. The van der Waals surface area contributed by atoms with Gasteiger partial charge in [0.2, 0.25) is 5.91 Å². The van der Waals surface area contributed by atoms with Crippen molar-refractivity contribution in [2.75, 3.05) is 13.6 Å².